The fourth-order valence-electron chi connectivity index (χ4n) is 3.34. The lowest BCUT2D eigenvalue weighted by molar-refractivity contribution is -0.238. The van der Waals surface area contributed by atoms with Crippen molar-refractivity contribution in [1.29, 1.82) is 0 Å². The van der Waals surface area contributed by atoms with Gasteiger partial charge in [-0.05, 0) is 16.9 Å². The molecular formula is C23H28O6S. The molecule has 0 aromatic heterocycles. The van der Waals surface area contributed by atoms with Gasteiger partial charge in [0.2, 0.25) is 0 Å². The Bertz CT molecular complexity index is 772. The molecule has 1 fully saturated rings. The number of rotatable bonds is 9. The third-order valence-electron chi connectivity index (χ3n) is 4.85. The summed E-state index contributed by atoms with van der Waals surface area (Å²) >= 11 is 1.42. The molecule has 1 heterocycles. The Morgan fingerprint density at radius 3 is 2.00 bits per heavy atom. The van der Waals surface area contributed by atoms with E-state index < -0.39 is 35.8 Å². The van der Waals surface area contributed by atoms with Crippen molar-refractivity contribution in [3.05, 3.63) is 71.8 Å². The van der Waals surface area contributed by atoms with Crippen LogP contribution in [0.5, 0.6) is 0 Å². The van der Waals surface area contributed by atoms with Gasteiger partial charge in [-0.2, -0.15) is 0 Å². The lowest BCUT2D eigenvalue weighted by atomic mass is 9.99. The van der Waals surface area contributed by atoms with Gasteiger partial charge in [-0.25, -0.2) is 4.79 Å². The number of hydrogen-bond donors (Lipinski definition) is 1. The number of benzene rings is 2. The van der Waals surface area contributed by atoms with E-state index in [9.17, 15) is 9.90 Å². The minimum absolute atomic E-state index is 0.256. The molecule has 0 saturated carbocycles. The molecule has 0 radical (unpaired) electrons. The normalized spacial score (nSPS) is 26.3. The highest BCUT2D eigenvalue weighted by Gasteiger charge is 2.50. The molecule has 0 bridgehead atoms. The van der Waals surface area contributed by atoms with Gasteiger partial charge in [-0.3, -0.25) is 0 Å². The summed E-state index contributed by atoms with van der Waals surface area (Å²) in [6.45, 7) is 2.50. The maximum atomic E-state index is 12.5. The van der Waals surface area contributed by atoms with Crippen molar-refractivity contribution in [2.24, 2.45) is 0 Å². The van der Waals surface area contributed by atoms with Crippen molar-refractivity contribution >= 4 is 17.7 Å². The number of carbonyl (C=O) groups excluding carboxylic acids is 1. The maximum Gasteiger partial charge on any atom is 0.337 e. The quantitative estimate of drug-likeness (QED) is 0.610. The number of aliphatic hydroxyl groups is 1. The number of hydrogen-bond acceptors (Lipinski definition) is 7. The first kappa shape index (κ1) is 22.8. The van der Waals surface area contributed by atoms with Gasteiger partial charge < -0.3 is 24.1 Å². The molecule has 2 aromatic carbocycles. The highest BCUT2D eigenvalue weighted by Crippen LogP contribution is 2.33. The van der Waals surface area contributed by atoms with Crippen LogP contribution >= 0.6 is 11.8 Å². The molecule has 5 atom stereocenters. The third kappa shape index (κ3) is 5.83. The van der Waals surface area contributed by atoms with Crippen LogP contribution in [0.15, 0.2) is 60.7 Å². The van der Waals surface area contributed by atoms with Crippen molar-refractivity contribution in [1.82, 2.24) is 0 Å². The molecular weight excluding hydrogens is 404 g/mol. The summed E-state index contributed by atoms with van der Waals surface area (Å²) in [5.74, 6) is 0.172. The number of thioether (sulfide) groups is 1. The smallest absolute Gasteiger partial charge is 0.337 e. The first-order valence-corrected chi connectivity index (χ1v) is 11.0. The molecule has 3 rings (SSSR count). The van der Waals surface area contributed by atoms with Gasteiger partial charge in [0.25, 0.3) is 0 Å². The van der Waals surface area contributed by atoms with Gasteiger partial charge in [0.15, 0.2) is 6.10 Å². The molecule has 2 aromatic rings. The zero-order valence-electron chi connectivity index (χ0n) is 17.2. The Morgan fingerprint density at radius 1 is 0.967 bits per heavy atom. The monoisotopic (exact) mass is 432 g/mol. The molecule has 0 aliphatic carbocycles. The molecule has 1 aliphatic heterocycles. The molecule has 162 valence electrons. The average molecular weight is 433 g/mol. The molecule has 1 saturated heterocycles. The molecule has 7 heteroatoms. The van der Waals surface area contributed by atoms with E-state index >= 15 is 0 Å². The third-order valence-corrected chi connectivity index (χ3v) is 5.91. The Kier molecular flexibility index (Phi) is 8.72. The van der Waals surface area contributed by atoms with Crippen LogP contribution in [-0.2, 0) is 37.0 Å². The van der Waals surface area contributed by atoms with Gasteiger partial charge in [0, 0.05) is 0 Å². The van der Waals surface area contributed by atoms with E-state index in [0.717, 1.165) is 16.9 Å². The van der Waals surface area contributed by atoms with E-state index in [2.05, 4.69) is 0 Å². The number of carbonyl (C=O) groups is 1. The standard InChI is InChI=1S/C23H28O6S/c1-3-30-23-18(24)19(27-14-16-10-6-4-7-11-16)20(21(29-23)22(25)26-2)28-15-17-12-8-5-9-13-17/h4-13,18-21,23-24H,3,14-15H2,1-2H3/t18-,19-,20+,21+,23+/m1/s1. The molecule has 6 nitrogen and oxygen atoms in total. The molecule has 0 unspecified atom stereocenters. The number of esters is 1. The van der Waals surface area contributed by atoms with E-state index in [4.69, 9.17) is 18.9 Å². The summed E-state index contributed by atoms with van der Waals surface area (Å²) < 4.78 is 23.1. The summed E-state index contributed by atoms with van der Waals surface area (Å²) in [7, 11) is 1.31. The van der Waals surface area contributed by atoms with Crippen LogP contribution in [-0.4, -0.2) is 53.8 Å². The number of ether oxygens (including phenoxy) is 4. The largest absolute Gasteiger partial charge is 0.467 e. The predicted molar refractivity (Wildman–Crippen MR) is 115 cm³/mol. The lowest BCUT2D eigenvalue weighted by Crippen LogP contribution is -2.60. The first-order chi connectivity index (χ1) is 14.6. The number of methoxy groups -OCH3 is 1. The minimum atomic E-state index is -0.994. The average Bonchev–Trinajstić information content (AvgIpc) is 2.79. The highest BCUT2D eigenvalue weighted by atomic mass is 32.2. The van der Waals surface area contributed by atoms with Gasteiger partial charge in [-0.1, -0.05) is 67.6 Å². The Morgan fingerprint density at radius 2 is 1.50 bits per heavy atom. The van der Waals surface area contributed by atoms with Gasteiger partial charge in [0.1, 0.15) is 23.7 Å². The minimum Gasteiger partial charge on any atom is -0.467 e. The van der Waals surface area contributed by atoms with Crippen molar-refractivity contribution < 1.29 is 28.8 Å². The summed E-state index contributed by atoms with van der Waals surface area (Å²) in [6, 6.07) is 19.3. The summed E-state index contributed by atoms with van der Waals surface area (Å²) in [6.07, 6.45) is -3.52. The van der Waals surface area contributed by atoms with Gasteiger partial charge in [-0.15, -0.1) is 11.8 Å². The fourth-order valence-corrected chi connectivity index (χ4v) is 4.22. The molecule has 0 spiro atoms. The SMILES string of the molecule is CCS[C@@H]1O[C@H](C(=O)OC)[C@@H](OCc2ccccc2)[C@H](OCc2ccccc2)[C@H]1O. The second-order valence-corrected chi connectivity index (χ2v) is 8.29. The summed E-state index contributed by atoms with van der Waals surface area (Å²) in [4.78, 5) is 12.5. The zero-order valence-corrected chi connectivity index (χ0v) is 18.0. The molecule has 0 amide bonds. The van der Waals surface area contributed by atoms with Crippen LogP contribution in [0, 0.1) is 0 Å². The Balaban J connectivity index is 1.82. The zero-order chi connectivity index (χ0) is 21.3. The number of aliphatic hydroxyl groups excluding tert-OH is 1. The van der Waals surface area contributed by atoms with Crippen LogP contribution < -0.4 is 0 Å². The van der Waals surface area contributed by atoms with Crippen LogP contribution in [0.4, 0.5) is 0 Å². The van der Waals surface area contributed by atoms with Crippen LogP contribution in [0.3, 0.4) is 0 Å². The molecule has 1 N–H and O–H groups in total. The van der Waals surface area contributed by atoms with E-state index in [1.165, 1.54) is 18.9 Å². The second-order valence-electron chi connectivity index (χ2n) is 6.92. The van der Waals surface area contributed by atoms with Crippen molar-refractivity contribution in [2.75, 3.05) is 12.9 Å². The van der Waals surface area contributed by atoms with Crippen LogP contribution in [0.2, 0.25) is 0 Å². The lowest BCUT2D eigenvalue weighted by Gasteiger charge is -2.43. The first-order valence-electron chi connectivity index (χ1n) is 9.98. The fraction of sp³-hybridized carbons (Fsp3) is 0.435. The van der Waals surface area contributed by atoms with E-state index in [1.54, 1.807) is 0 Å². The van der Waals surface area contributed by atoms with Crippen LogP contribution in [0.1, 0.15) is 18.1 Å². The van der Waals surface area contributed by atoms with Crippen molar-refractivity contribution in [2.45, 2.75) is 50.0 Å². The summed E-state index contributed by atoms with van der Waals surface area (Å²) in [5.41, 5.74) is 1.30. The second kappa shape index (κ2) is 11.5. The van der Waals surface area contributed by atoms with E-state index in [0.29, 0.717) is 0 Å². The Hall–Kier alpha value is -1.90. The Labute approximate surface area is 181 Å². The van der Waals surface area contributed by atoms with Crippen molar-refractivity contribution in [3.63, 3.8) is 0 Å². The van der Waals surface area contributed by atoms with E-state index in [-0.39, 0.29) is 13.2 Å². The molecule has 30 heavy (non-hydrogen) atoms. The molecule has 1 aliphatic rings. The summed E-state index contributed by atoms with van der Waals surface area (Å²) in [5, 5.41) is 11.0. The van der Waals surface area contributed by atoms with Crippen molar-refractivity contribution in [3.8, 4) is 0 Å². The van der Waals surface area contributed by atoms with E-state index in [1.807, 2.05) is 67.6 Å². The topological polar surface area (TPSA) is 74.2 Å². The predicted octanol–water partition coefficient (Wildman–Crippen LogP) is 3.17. The van der Waals surface area contributed by atoms with Gasteiger partial charge >= 0.3 is 5.97 Å². The highest BCUT2D eigenvalue weighted by molar-refractivity contribution is 7.99. The maximum absolute atomic E-state index is 12.5. The van der Waals surface area contributed by atoms with Crippen LogP contribution in [0.25, 0.3) is 0 Å². The van der Waals surface area contributed by atoms with Gasteiger partial charge in [0.05, 0.1) is 20.3 Å².